The number of alkyl halides is 1. The highest BCUT2D eigenvalue weighted by molar-refractivity contribution is 5.42. The van der Waals surface area contributed by atoms with Crippen molar-refractivity contribution in [3.05, 3.63) is 23.8 Å². The largest absolute Gasteiger partial charge is 0.504 e. The van der Waals surface area contributed by atoms with Gasteiger partial charge < -0.3 is 15.6 Å². The van der Waals surface area contributed by atoms with Crippen LogP contribution in [0, 0.1) is 0 Å². The van der Waals surface area contributed by atoms with Gasteiger partial charge in [0.25, 0.3) is 0 Å². The molecule has 3 nitrogen and oxygen atoms in total. The van der Waals surface area contributed by atoms with E-state index in [2.05, 4.69) is 0 Å². The lowest BCUT2D eigenvalue weighted by Gasteiger charge is -2.08. The van der Waals surface area contributed by atoms with Gasteiger partial charge in [0.2, 0.25) is 0 Å². The Hall–Kier alpha value is -1.29. The van der Waals surface area contributed by atoms with Crippen molar-refractivity contribution in [1.82, 2.24) is 0 Å². The van der Waals surface area contributed by atoms with E-state index in [0.717, 1.165) is 0 Å². The number of rotatable bonds is 3. The molecule has 0 bridgehead atoms. The molecule has 0 aliphatic rings. The van der Waals surface area contributed by atoms with Crippen LogP contribution in [-0.2, 0) is 0 Å². The fourth-order valence-electron chi connectivity index (χ4n) is 1.03. The summed E-state index contributed by atoms with van der Waals surface area (Å²) >= 11 is 0. The first-order chi connectivity index (χ1) is 6.19. The lowest BCUT2D eigenvalue weighted by Crippen LogP contribution is -2.07. The quantitative estimate of drug-likeness (QED) is 0.747. The Morgan fingerprint density at radius 2 is 2.31 bits per heavy atom. The maximum atomic E-state index is 13.1. The molecule has 0 spiro atoms. The maximum absolute atomic E-state index is 13.1. The molecule has 1 aromatic rings. The number of hydrogen-bond donors (Lipinski definition) is 2. The van der Waals surface area contributed by atoms with Gasteiger partial charge in [0.05, 0.1) is 7.11 Å². The molecule has 3 N–H and O–H groups in total. The van der Waals surface area contributed by atoms with E-state index in [0.29, 0.717) is 5.56 Å². The zero-order valence-electron chi connectivity index (χ0n) is 7.33. The minimum Gasteiger partial charge on any atom is -0.504 e. The molecule has 4 heteroatoms. The second kappa shape index (κ2) is 4.09. The summed E-state index contributed by atoms with van der Waals surface area (Å²) in [5, 5.41) is 9.21. The summed E-state index contributed by atoms with van der Waals surface area (Å²) in [6, 6.07) is 4.30. The third-order valence-electron chi connectivity index (χ3n) is 1.77. The first kappa shape index (κ1) is 9.80. The van der Waals surface area contributed by atoms with Crippen molar-refractivity contribution in [3.8, 4) is 11.5 Å². The molecule has 1 rings (SSSR count). The van der Waals surface area contributed by atoms with Gasteiger partial charge in [-0.2, -0.15) is 0 Å². The van der Waals surface area contributed by atoms with Gasteiger partial charge in [-0.25, -0.2) is 4.39 Å². The summed E-state index contributed by atoms with van der Waals surface area (Å²) in [6.07, 6.45) is -1.21. The lowest BCUT2D eigenvalue weighted by molar-refractivity contribution is 0.345. The Kier molecular flexibility index (Phi) is 3.08. The summed E-state index contributed by atoms with van der Waals surface area (Å²) in [5.74, 6) is 0.254. The van der Waals surface area contributed by atoms with Crippen LogP contribution < -0.4 is 10.5 Å². The lowest BCUT2D eigenvalue weighted by atomic mass is 10.1. The Morgan fingerprint density at radius 3 is 2.85 bits per heavy atom. The third kappa shape index (κ3) is 2.09. The van der Waals surface area contributed by atoms with E-state index in [4.69, 9.17) is 10.5 Å². The monoisotopic (exact) mass is 185 g/mol. The number of phenols is 1. The van der Waals surface area contributed by atoms with Crippen LogP contribution in [0.5, 0.6) is 11.5 Å². The van der Waals surface area contributed by atoms with Gasteiger partial charge in [-0.15, -0.1) is 0 Å². The molecule has 0 aromatic heterocycles. The summed E-state index contributed by atoms with van der Waals surface area (Å²) < 4.78 is 17.9. The van der Waals surface area contributed by atoms with Crippen molar-refractivity contribution in [1.29, 1.82) is 0 Å². The summed E-state index contributed by atoms with van der Waals surface area (Å²) in [6.45, 7) is -0.0755. The van der Waals surface area contributed by atoms with Crippen molar-refractivity contribution in [2.24, 2.45) is 5.73 Å². The van der Waals surface area contributed by atoms with E-state index in [1.807, 2.05) is 0 Å². The molecule has 0 saturated heterocycles. The first-order valence-corrected chi connectivity index (χ1v) is 3.90. The van der Waals surface area contributed by atoms with Crippen LogP contribution in [0.3, 0.4) is 0 Å². The zero-order chi connectivity index (χ0) is 9.84. The number of benzene rings is 1. The Bertz CT molecular complexity index is 291. The van der Waals surface area contributed by atoms with Crippen LogP contribution >= 0.6 is 0 Å². The van der Waals surface area contributed by atoms with Crippen molar-refractivity contribution in [3.63, 3.8) is 0 Å². The van der Waals surface area contributed by atoms with Crippen LogP contribution in [0.1, 0.15) is 11.7 Å². The molecule has 0 aliphatic carbocycles. The number of nitrogens with two attached hydrogens (primary N) is 1. The minimum absolute atomic E-state index is 0.00419. The predicted molar refractivity (Wildman–Crippen MR) is 47.6 cm³/mol. The highest BCUT2D eigenvalue weighted by Gasteiger charge is 2.10. The molecular formula is C9H12FNO2. The van der Waals surface area contributed by atoms with Crippen LogP contribution in [-0.4, -0.2) is 18.8 Å². The standard InChI is InChI=1S/C9H12FNO2/c1-13-9-4-6(7(10)5-11)2-3-8(9)12/h2-4,7,12H,5,11H2,1H3. The number of methoxy groups -OCH3 is 1. The molecule has 13 heavy (non-hydrogen) atoms. The number of phenolic OH excluding ortho intramolecular Hbond substituents is 1. The number of ether oxygens (including phenoxy) is 1. The van der Waals surface area contributed by atoms with Crippen LogP contribution in [0.4, 0.5) is 4.39 Å². The second-order valence-electron chi connectivity index (χ2n) is 2.63. The van der Waals surface area contributed by atoms with Gasteiger partial charge in [0.1, 0.15) is 6.17 Å². The van der Waals surface area contributed by atoms with E-state index < -0.39 is 6.17 Å². The smallest absolute Gasteiger partial charge is 0.160 e. The third-order valence-corrected chi connectivity index (χ3v) is 1.77. The second-order valence-corrected chi connectivity index (χ2v) is 2.63. The zero-order valence-corrected chi connectivity index (χ0v) is 7.33. The topological polar surface area (TPSA) is 55.5 Å². The molecule has 0 fully saturated rings. The molecule has 0 heterocycles. The maximum Gasteiger partial charge on any atom is 0.160 e. The summed E-state index contributed by atoms with van der Waals surface area (Å²) in [7, 11) is 1.41. The van der Waals surface area contributed by atoms with Gasteiger partial charge in [0.15, 0.2) is 11.5 Å². The average Bonchev–Trinajstić information content (AvgIpc) is 2.17. The van der Waals surface area contributed by atoms with Gasteiger partial charge in [-0.3, -0.25) is 0 Å². The average molecular weight is 185 g/mol. The molecule has 0 saturated carbocycles. The molecule has 0 radical (unpaired) electrons. The summed E-state index contributed by atoms with van der Waals surface area (Å²) in [4.78, 5) is 0. The molecule has 0 amide bonds. The van der Waals surface area contributed by atoms with Gasteiger partial charge in [-0.05, 0) is 17.7 Å². The van der Waals surface area contributed by atoms with Crippen LogP contribution in [0.15, 0.2) is 18.2 Å². The normalized spacial score (nSPS) is 12.5. The molecule has 0 aliphatic heterocycles. The Morgan fingerprint density at radius 1 is 1.62 bits per heavy atom. The van der Waals surface area contributed by atoms with E-state index in [1.54, 1.807) is 0 Å². The van der Waals surface area contributed by atoms with E-state index in [9.17, 15) is 9.50 Å². The molecule has 1 unspecified atom stereocenters. The number of aromatic hydroxyl groups is 1. The van der Waals surface area contributed by atoms with Crippen molar-refractivity contribution in [2.45, 2.75) is 6.17 Å². The molecule has 1 atom stereocenters. The first-order valence-electron chi connectivity index (χ1n) is 3.90. The Balaban J connectivity index is 2.99. The van der Waals surface area contributed by atoms with Crippen LogP contribution in [0.25, 0.3) is 0 Å². The minimum atomic E-state index is -1.21. The van der Waals surface area contributed by atoms with Gasteiger partial charge >= 0.3 is 0 Å². The fourth-order valence-corrected chi connectivity index (χ4v) is 1.03. The fraction of sp³-hybridized carbons (Fsp3) is 0.333. The van der Waals surface area contributed by atoms with E-state index in [-0.39, 0.29) is 18.0 Å². The highest BCUT2D eigenvalue weighted by atomic mass is 19.1. The van der Waals surface area contributed by atoms with Gasteiger partial charge in [0, 0.05) is 6.54 Å². The molecule has 1 aromatic carbocycles. The van der Waals surface area contributed by atoms with E-state index in [1.165, 1.54) is 25.3 Å². The molecule has 72 valence electrons. The predicted octanol–water partition coefficient (Wildman–Crippen LogP) is 1.37. The SMILES string of the molecule is COc1cc(C(F)CN)ccc1O. The van der Waals surface area contributed by atoms with E-state index >= 15 is 0 Å². The van der Waals surface area contributed by atoms with Crippen molar-refractivity contribution < 1.29 is 14.2 Å². The Labute approximate surface area is 75.9 Å². The molecular weight excluding hydrogens is 173 g/mol. The van der Waals surface area contributed by atoms with Crippen molar-refractivity contribution in [2.75, 3.05) is 13.7 Å². The van der Waals surface area contributed by atoms with Crippen LogP contribution in [0.2, 0.25) is 0 Å². The number of halogens is 1. The summed E-state index contributed by atoms with van der Waals surface area (Å²) in [5.41, 5.74) is 5.57. The van der Waals surface area contributed by atoms with Gasteiger partial charge in [-0.1, -0.05) is 6.07 Å². The highest BCUT2D eigenvalue weighted by Crippen LogP contribution is 2.29. The van der Waals surface area contributed by atoms with Crippen molar-refractivity contribution >= 4 is 0 Å². The number of hydrogen-bond acceptors (Lipinski definition) is 3.